The van der Waals surface area contributed by atoms with E-state index in [0.29, 0.717) is 23.8 Å². The van der Waals surface area contributed by atoms with E-state index in [1.807, 2.05) is 25.1 Å². The molecule has 1 atom stereocenters. The van der Waals surface area contributed by atoms with Crippen LogP contribution in [0.15, 0.2) is 29.1 Å². The summed E-state index contributed by atoms with van der Waals surface area (Å²) in [5.41, 5.74) is 1.84. The molecule has 3 rings (SSSR count). The monoisotopic (exact) mass is 310 g/mol. The van der Waals surface area contributed by atoms with Crippen LogP contribution in [-0.4, -0.2) is 19.7 Å². The largest absolute Gasteiger partial charge is 0.343 e. The highest BCUT2D eigenvalue weighted by Gasteiger charge is 2.15. The average molecular weight is 311 g/mol. The molecule has 0 bridgehead atoms. The van der Waals surface area contributed by atoms with Crippen LogP contribution in [0.3, 0.4) is 0 Å². The number of halogens is 2. The van der Waals surface area contributed by atoms with Crippen LogP contribution in [0, 0.1) is 0 Å². The molecule has 0 saturated heterocycles. The number of aromatic nitrogens is 4. The molecule has 0 aliphatic heterocycles. The molecule has 1 aromatic carbocycles. The van der Waals surface area contributed by atoms with Crippen LogP contribution in [0.1, 0.15) is 23.9 Å². The van der Waals surface area contributed by atoms with E-state index >= 15 is 0 Å². The van der Waals surface area contributed by atoms with E-state index in [1.165, 1.54) is 6.39 Å². The molecule has 0 saturated carbocycles. The van der Waals surface area contributed by atoms with Gasteiger partial charge in [-0.1, -0.05) is 16.8 Å². The Hall–Kier alpha value is -1.59. The zero-order chi connectivity index (χ0) is 14.1. The van der Waals surface area contributed by atoms with Crippen molar-refractivity contribution in [1.29, 1.82) is 0 Å². The van der Waals surface area contributed by atoms with E-state index in [4.69, 9.17) is 27.7 Å². The third kappa shape index (κ3) is 2.51. The van der Waals surface area contributed by atoms with Gasteiger partial charge in [0, 0.05) is 18.0 Å². The van der Waals surface area contributed by atoms with Gasteiger partial charge < -0.3 is 9.09 Å². The van der Waals surface area contributed by atoms with Gasteiger partial charge in [0.15, 0.2) is 5.82 Å². The summed E-state index contributed by atoms with van der Waals surface area (Å²) in [6.45, 7) is 2.58. The van der Waals surface area contributed by atoms with Gasteiger partial charge in [-0.05, 0) is 25.1 Å². The summed E-state index contributed by atoms with van der Waals surface area (Å²) < 4.78 is 6.80. The molecule has 104 valence electrons. The van der Waals surface area contributed by atoms with Crippen molar-refractivity contribution in [1.82, 2.24) is 19.7 Å². The predicted octanol–water partition coefficient (Wildman–Crippen LogP) is 3.62. The number of aryl methyl sites for hydroxylation is 2. The van der Waals surface area contributed by atoms with E-state index in [0.717, 1.165) is 16.9 Å². The maximum atomic E-state index is 6.21. The van der Waals surface area contributed by atoms with E-state index in [1.54, 1.807) is 0 Å². The second-order valence-electron chi connectivity index (χ2n) is 4.47. The van der Waals surface area contributed by atoms with Gasteiger partial charge in [0.1, 0.15) is 5.82 Å². The molecule has 3 aromatic rings. The van der Waals surface area contributed by atoms with Gasteiger partial charge in [0.25, 0.3) is 0 Å². The van der Waals surface area contributed by atoms with Crippen molar-refractivity contribution in [3.63, 3.8) is 0 Å². The molecular formula is C13H12Cl2N4O. The highest BCUT2D eigenvalue weighted by atomic mass is 35.5. The number of imidazole rings is 1. The molecule has 5 nitrogen and oxygen atoms in total. The molecule has 0 N–H and O–H groups in total. The van der Waals surface area contributed by atoms with Crippen molar-refractivity contribution in [2.24, 2.45) is 0 Å². The summed E-state index contributed by atoms with van der Waals surface area (Å²) in [6.07, 6.45) is 1.98. The van der Waals surface area contributed by atoms with Gasteiger partial charge in [0.2, 0.25) is 6.39 Å². The van der Waals surface area contributed by atoms with Crippen molar-refractivity contribution < 1.29 is 4.52 Å². The summed E-state index contributed by atoms with van der Waals surface area (Å²) in [4.78, 5) is 8.57. The Balaban J connectivity index is 2.00. The lowest BCUT2D eigenvalue weighted by Gasteiger charge is -2.09. The lowest BCUT2D eigenvalue weighted by Crippen LogP contribution is -2.07. The molecule has 0 radical (unpaired) electrons. The molecule has 1 unspecified atom stereocenters. The molecule has 7 heteroatoms. The van der Waals surface area contributed by atoms with Crippen LogP contribution < -0.4 is 0 Å². The number of nitrogens with zero attached hydrogens (tertiary/aromatic N) is 4. The smallest absolute Gasteiger partial charge is 0.213 e. The van der Waals surface area contributed by atoms with Crippen LogP contribution >= 0.6 is 23.2 Å². The molecule has 0 aliphatic rings. The highest BCUT2D eigenvalue weighted by molar-refractivity contribution is 6.31. The minimum atomic E-state index is -0.188. The van der Waals surface area contributed by atoms with Crippen molar-refractivity contribution >= 4 is 34.2 Å². The van der Waals surface area contributed by atoms with Crippen LogP contribution in [0.4, 0.5) is 0 Å². The van der Waals surface area contributed by atoms with Gasteiger partial charge >= 0.3 is 0 Å². The zero-order valence-electron chi connectivity index (χ0n) is 10.8. The number of fused-ring (bicyclic) bond motifs is 1. The van der Waals surface area contributed by atoms with Crippen LogP contribution in [0.2, 0.25) is 5.02 Å². The van der Waals surface area contributed by atoms with Crippen LogP contribution in [-0.2, 0) is 13.0 Å². The second kappa shape index (κ2) is 5.42. The summed E-state index contributed by atoms with van der Waals surface area (Å²) >= 11 is 12.2. The first-order valence-corrected chi connectivity index (χ1v) is 7.01. The molecule has 0 spiro atoms. The van der Waals surface area contributed by atoms with Crippen LogP contribution in [0.25, 0.3) is 11.0 Å². The quantitative estimate of drug-likeness (QED) is 0.691. The first-order chi connectivity index (χ1) is 9.65. The first-order valence-electron chi connectivity index (χ1n) is 6.20. The van der Waals surface area contributed by atoms with Crippen molar-refractivity contribution in [2.45, 2.75) is 25.3 Å². The lowest BCUT2D eigenvalue weighted by atomic mass is 10.3. The Kier molecular flexibility index (Phi) is 3.63. The van der Waals surface area contributed by atoms with Gasteiger partial charge in [-0.2, -0.15) is 4.98 Å². The number of benzene rings is 1. The maximum Gasteiger partial charge on any atom is 0.213 e. The first kappa shape index (κ1) is 13.4. The van der Waals surface area contributed by atoms with Crippen LogP contribution in [0.5, 0.6) is 0 Å². The Labute approximate surface area is 125 Å². The molecule has 0 amide bonds. The Morgan fingerprint density at radius 3 is 2.95 bits per heavy atom. The third-order valence-corrected chi connectivity index (χ3v) is 3.49. The summed E-state index contributed by atoms with van der Waals surface area (Å²) in [6, 6.07) is 5.63. The zero-order valence-corrected chi connectivity index (χ0v) is 12.3. The van der Waals surface area contributed by atoms with Gasteiger partial charge in [0.05, 0.1) is 16.4 Å². The van der Waals surface area contributed by atoms with Gasteiger partial charge in [-0.25, -0.2) is 4.98 Å². The summed E-state index contributed by atoms with van der Waals surface area (Å²) in [5, 5.41) is 4.28. The number of hydrogen-bond donors (Lipinski definition) is 0. The van der Waals surface area contributed by atoms with Crippen molar-refractivity contribution in [3.8, 4) is 0 Å². The minimum absolute atomic E-state index is 0.188. The lowest BCUT2D eigenvalue weighted by molar-refractivity contribution is 0.408. The Morgan fingerprint density at radius 2 is 2.25 bits per heavy atom. The van der Waals surface area contributed by atoms with Crippen molar-refractivity contribution in [2.75, 3.05) is 0 Å². The average Bonchev–Trinajstić information content (AvgIpc) is 3.02. The molecular weight excluding hydrogens is 299 g/mol. The number of alkyl halides is 1. The van der Waals surface area contributed by atoms with Gasteiger partial charge in [-0.3, -0.25) is 0 Å². The Bertz CT molecular complexity index is 721. The third-order valence-electron chi connectivity index (χ3n) is 3.06. The predicted molar refractivity (Wildman–Crippen MR) is 77.0 cm³/mol. The van der Waals surface area contributed by atoms with E-state index in [-0.39, 0.29) is 5.38 Å². The topological polar surface area (TPSA) is 56.7 Å². The standard InChI is InChI=1S/C13H12Cl2N4O/c1-8(14)13-17-10-6-9(15)2-3-11(10)19(13)5-4-12-16-7-20-18-12/h2-3,6-8H,4-5H2,1H3. The number of rotatable bonds is 4. The molecule has 2 aromatic heterocycles. The molecule has 0 fully saturated rings. The molecule has 2 heterocycles. The minimum Gasteiger partial charge on any atom is -0.343 e. The summed E-state index contributed by atoms with van der Waals surface area (Å²) in [5.74, 6) is 1.47. The van der Waals surface area contributed by atoms with E-state index in [2.05, 4.69) is 19.7 Å². The Morgan fingerprint density at radius 1 is 1.40 bits per heavy atom. The normalized spacial score (nSPS) is 12.9. The second-order valence-corrected chi connectivity index (χ2v) is 5.56. The van der Waals surface area contributed by atoms with E-state index < -0.39 is 0 Å². The maximum absolute atomic E-state index is 6.21. The fourth-order valence-electron chi connectivity index (χ4n) is 2.17. The number of hydrogen-bond acceptors (Lipinski definition) is 4. The van der Waals surface area contributed by atoms with E-state index in [9.17, 15) is 0 Å². The fourth-order valence-corrected chi connectivity index (χ4v) is 2.51. The molecule has 0 aliphatic carbocycles. The fraction of sp³-hybridized carbons (Fsp3) is 0.308. The molecule has 20 heavy (non-hydrogen) atoms. The highest BCUT2D eigenvalue weighted by Crippen LogP contribution is 2.26. The summed E-state index contributed by atoms with van der Waals surface area (Å²) in [7, 11) is 0. The van der Waals surface area contributed by atoms with Gasteiger partial charge in [-0.15, -0.1) is 11.6 Å². The van der Waals surface area contributed by atoms with Crippen molar-refractivity contribution in [3.05, 3.63) is 41.3 Å². The SMILES string of the molecule is CC(Cl)c1nc2cc(Cl)ccc2n1CCc1ncon1.